The predicted octanol–water partition coefficient (Wildman–Crippen LogP) is 5.46. The van der Waals surface area contributed by atoms with Crippen molar-refractivity contribution in [3.8, 4) is 0 Å². The Kier molecular flexibility index (Phi) is 5.36. The molecule has 1 heterocycles. The number of fused-ring (bicyclic) bond motifs is 1. The molecule has 0 fully saturated rings. The quantitative estimate of drug-likeness (QED) is 0.456. The van der Waals surface area contributed by atoms with Gasteiger partial charge in [-0.1, -0.05) is 72.3 Å². The van der Waals surface area contributed by atoms with Crippen molar-refractivity contribution in [2.24, 2.45) is 0 Å². The van der Waals surface area contributed by atoms with Gasteiger partial charge in [0.05, 0.1) is 10.9 Å². The maximum Gasteiger partial charge on any atom is 0.261 e. The summed E-state index contributed by atoms with van der Waals surface area (Å²) in [6.07, 6.45) is 4.61. The van der Waals surface area contributed by atoms with E-state index in [-0.39, 0.29) is 5.56 Å². The summed E-state index contributed by atoms with van der Waals surface area (Å²) in [4.78, 5) is 17.8. The number of halogens is 1. The zero-order valence-electron chi connectivity index (χ0n) is 15.3. The Labute approximate surface area is 168 Å². The molecule has 3 aromatic carbocycles. The molecule has 1 aromatic heterocycles. The van der Waals surface area contributed by atoms with Gasteiger partial charge >= 0.3 is 0 Å². The number of hydrogen-bond donors (Lipinski definition) is 0. The highest BCUT2D eigenvalue weighted by Gasteiger charge is 2.09. The minimum absolute atomic E-state index is 0.0164. The van der Waals surface area contributed by atoms with Gasteiger partial charge in [-0.15, -0.1) is 0 Å². The number of hydrogen-bond acceptors (Lipinski definition) is 2. The molecule has 0 unspecified atom stereocenters. The number of rotatable bonds is 5. The van der Waals surface area contributed by atoms with Gasteiger partial charge < -0.3 is 0 Å². The Balaban J connectivity index is 1.74. The molecular weight excluding hydrogens is 368 g/mol. The summed E-state index contributed by atoms with van der Waals surface area (Å²) < 4.78 is 1.75. The molecule has 0 aliphatic carbocycles. The van der Waals surface area contributed by atoms with Crippen LogP contribution in [-0.4, -0.2) is 9.55 Å². The molecule has 0 atom stereocenters. The fourth-order valence-corrected chi connectivity index (χ4v) is 3.28. The molecule has 4 heteroatoms. The maximum atomic E-state index is 13.1. The van der Waals surface area contributed by atoms with E-state index in [0.29, 0.717) is 28.3 Å². The van der Waals surface area contributed by atoms with Crippen LogP contribution in [-0.2, 0) is 13.0 Å². The molecule has 4 aromatic rings. The van der Waals surface area contributed by atoms with Crippen LogP contribution >= 0.6 is 11.6 Å². The fraction of sp³-hybridized carbons (Fsp3) is 0.0833. The van der Waals surface area contributed by atoms with Crippen molar-refractivity contribution < 1.29 is 0 Å². The van der Waals surface area contributed by atoms with Crippen LogP contribution in [0.1, 0.15) is 17.0 Å². The highest BCUT2D eigenvalue weighted by atomic mass is 35.5. The van der Waals surface area contributed by atoms with Crippen LogP contribution in [0.25, 0.3) is 23.1 Å². The Hall–Kier alpha value is -3.17. The van der Waals surface area contributed by atoms with Crippen molar-refractivity contribution in [1.29, 1.82) is 0 Å². The zero-order valence-corrected chi connectivity index (χ0v) is 16.0. The Morgan fingerprint density at radius 2 is 1.57 bits per heavy atom. The molecule has 0 amide bonds. The minimum atomic E-state index is -0.0164. The summed E-state index contributed by atoms with van der Waals surface area (Å²) in [6.45, 7) is 0.570. The van der Waals surface area contributed by atoms with Gasteiger partial charge in [-0.2, -0.15) is 0 Å². The van der Waals surface area contributed by atoms with Crippen molar-refractivity contribution in [3.63, 3.8) is 0 Å². The van der Waals surface area contributed by atoms with Gasteiger partial charge in [0.2, 0.25) is 0 Å². The predicted molar refractivity (Wildman–Crippen MR) is 117 cm³/mol. The monoisotopic (exact) mass is 386 g/mol. The van der Waals surface area contributed by atoms with Gasteiger partial charge in [-0.25, -0.2) is 4.98 Å². The number of aromatic nitrogens is 2. The van der Waals surface area contributed by atoms with Gasteiger partial charge in [0.25, 0.3) is 5.56 Å². The van der Waals surface area contributed by atoms with E-state index in [2.05, 4.69) is 12.1 Å². The van der Waals surface area contributed by atoms with Crippen molar-refractivity contribution in [2.75, 3.05) is 0 Å². The van der Waals surface area contributed by atoms with Crippen molar-refractivity contribution in [1.82, 2.24) is 9.55 Å². The fourth-order valence-electron chi connectivity index (χ4n) is 3.16. The normalized spacial score (nSPS) is 11.3. The van der Waals surface area contributed by atoms with E-state index in [1.54, 1.807) is 4.57 Å². The summed E-state index contributed by atoms with van der Waals surface area (Å²) in [5.41, 5.74) is 2.88. The first-order valence-electron chi connectivity index (χ1n) is 9.18. The molecule has 3 nitrogen and oxygen atoms in total. The van der Waals surface area contributed by atoms with Crippen molar-refractivity contribution in [2.45, 2.75) is 13.0 Å². The highest BCUT2D eigenvalue weighted by Crippen LogP contribution is 2.14. The smallest absolute Gasteiger partial charge is 0.261 e. The van der Waals surface area contributed by atoms with Crippen LogP contribution in [0.4, 0.5) is 0 Å². The summed E-state index contributed by atoms with van der Waals surface area (Å²) in [5, 5.41) is 1.33. The van der Waals surface area contributed by atoms with Crippen LogP contribution in [0.5, 0.6) is 0 Å². The second-order valence-corrected chi connectivity index (χ2v) is 7.00. The summed E-state index contributed by atoms with van der Waals surface area (Å²) >= 11 is 5.96. The first-order chi connectivity index (χ1) is 13.7. The Morgan fingerprint density at radius 3 is 2.36 bits per heavy atom. The van der Waals surface area contributed by atoms with E-state index in [4.69, 9.17) is 16.6 Å². The largest absolute Gasteiger partial charge is 0.292 e. The van der Waals surface area contributed by atoms with E-state index in [1.165, 1.54) is 5.56 Å². The topological polar surface area (TPSA) is 34.9 Å². The zero-order chi connectivity index (χ0) is 19.3. The minimum Gasteiger partial charge on any atom is -0.292 e. The Bertz CT molecular complexity index is 1180. The lowest BCUT2D eigenvalue weighted by atomic mass is 10.1. The lowest BCUT2D eigenvalue weighted by molar-refractivity contribution is 0.655. The number of nitrogens with zero attached hydrogens (tertiary/aromatic N) is 2. The molecule has 0 aliphatic heterocycles. The van der Waals surface area contributed by atoms with Crippen molar-refractivity contribution in [3.05, 3.63) is 111 Å². The summed E-state index contributed by atoms with van der Waals surface area (Å²) in [5.74, 6) is 0.648. The second kappa shape index (κ2) is 8.24. The summed E-state index contributed by atoms with van der Waals surface area (Å²) in [6, 6.07) is 25.2. The average Bonchev–Trinajstić information content (AvgIpc) is 2.74. The molecule has 4 rings (SSSR count). The standard InChI is InChI=1S/C24H19ClN2O/c25-20-13-10-19(11-14-20)12-15-23-26-22-9-5-4-8-21(22)24(28)27(23)17-16-18-6-2-1-3-7-18/h1-15H,16-17H2. The summed E-state index contributed by atoms with van der Waals surface area (Å²) in [7, 11) is 0. The molecule has 0 aliphatic rings. The third kappa shape index (κ3) is 4.05. The number of para-hydroxylation sites is 1. The molecule has 0 saturated heterocycles. The third-order valence-corrected chi connectivity index (χ3v) is 4.90. The molecule has 0 N–H and O–H groups in total. The number of aryl methyl sites for hydroxylation is 1. The third-order valence-electron chi connectivity index (χ3n) is 4.65. The molecule has 0 saturated carbocycles. The van der Waals surface area contributed by atoms with Crippen LogP contribution in [0, 0.1) is 0 Å². The molecule has 0 radical (unpaired) electrons. The first kappa shape index (κ1) is 18.2. The van der Waals surface area contributed by atoms with E-state index >= 15 is 0 Å². The first-order valence-corrected chi connectivity index (χ1v) is 9.56. The molecule has 0 bridgehead atoms. The van der Waals surface area contributed by atoms with Crippen molar-refractivity contribution >= 4 is 34.7 Å². The van der Waals surface area contributed by atoms with Gasteiger partial charge in [0, 0.05) is 11.6 Å². The van der Waals surface area contributed by atoms with Gasteiger partial charge in [-0.05, 0) is 47.9 Å². The van der Waals surface area contributed by atoms with E-state index in [0.717, 1.165) is 12.0 Å². The van der Waals surface area contributed by atoms with Gasteiger partial charge in [0.15, 0.2) is 0 Å². The average molecular weight is 387 g/mol. The van der Waals surface area contributed by atoms with Crippen LogP contribution in [0.15, 0.2) is 83.7 Å². The van der Waals surface area contributed by atoms with Crippen LogP contribution in [0.3, 0.4) is 0 Å². The lowest BCUT2D eigenvalue weighted by Gasteiger charge is -2.11. The Morgan fingerprint density at radius 1 is 0.857 bits per heavy atom. The van der Waals surface area contributed by atoms with Gasteiger partial charge in [0.1, 0.15) is 5.82 Å². The lowest BCUT2D eigenvalue weighted by Crippen LogP contribution is -2.24. The molecule has 28 heavy (non-hydrogen) atoms. The molecule has 138 valence electrons. The highest BCUT2D eigenvalue weighted by molar-refractivity contribution is 6.30. The van der Waals surface area contributed by atoms with E-state index < -0.39 is 0 Å². The molecular formula is C24H19ClN2O. The maximum absolute atomic E-state index is 13.1. The SMILES string of the molecule is O=c1c2ccccc2nc(C=Cc2ccc(Cl)cc2)n1CCc1ccccc1. The van der Waals surface area contributed by atoms with Crippen LogP contribution < -0.4 is 5.56 Å². The molecule has 0 spiro atoms. The van der Waals surface area contributed by atoms with Gasteiger partial charge in [-0.3, -0.25) is 9.36 Å². The number of benzene rings is 3. The van der Waals surface area contributed by atoms with E-state index in [9.17, 15) is 4.79 Å². The second-order valence-electron chi connectivity index (χ2n) is 6.56. The van der Waals surface area contributed by atoms with E-state index in [1.807, 2.05) is 78.9 Å². The van der Waals surface area contributed by atoms with Crippen LogP contribution in [0.2, 0.25) is 5.02 Å².